The van der Waals surface area contributed by atoms with E-state index in [2.05, 4.69) is 28.0 Å². The van der Waals surface area contributed by atoms with Crippen LogP contribution in [-0.2, 0) is 10.0 Å². The predicted molar refractivity (Wildman–Crippen MR) is 103 cm³/mol. The van der Waals surface area contributed by atoms with Crippen LogP contribution < -0.4 is 10.0 Å². The maximum absolute atomic E-state index is 11.3. The molecular weight excluding hydrogens is 334 g/mol. The van der Waals surface area contributed by atoms with Crippen molar-refractivity contribution >= 4 is 21.4 Å². The lowest BCUT2D eigenvalue weighted by Crippen LogP contribution is -2.27. The molecule has 5 nitrogen and oxygen atoms in total. The minimum absolute atomic E-state index is 0.411. The third kappa shape index (κ3) is 4.95. The van der Waals surface area contributed by atoms with Gasteiger partial charge >= 0.3 is 0 Å². The van der Waals surface area contributed by atoms with E-state index in [9.17, 15) is 8.42 Å². The van der Waals surface area contributed by atoms with Crippen LogP contribution >= 0.6 is 0 Å². The van der Waals surface area contributed by atoms with Gasteiger partial charge in [-0.3, -0.25) is 9.71 Å². The summed E-state index contributed by atoms with van der Waals surface area (Å²) in [6.45, 7) is 2.13. The van der Waals surface area contributed by atoms with E-state index in [-0.39, 0.29) is 0 Å². The average molecular weight is 359 g/mol. The Bertz CT molecular complexity index is 819. The first-order chi connectivity index (χ1) is 11.9. The highest BCUT2D eigenvalue weighted by molar-refractivity contribution is 7.92. The fourth-order valence-electron chi connectivity index (χ4n) is 3.58. The third-order valence-electron chi connectivity index (χ3n) is 4.67. The summed E-state index contributed by atoms with van der Waals surface area (Å²) in [5.41, 5.74) is 4.09. The van der Waals surface area contributed by atoms with Crippen LogP contribution in [-0.4, -0.2) is 25.7 Å². The number of pyridine rings is 1. The number of hydrogen-bond acceptors (Lipinski definition) is 4. The normalized spacial score (nSPS) is 20.9. The molecule has 2 N–H and O–H groups in total. The van der Waals surface area contributed by atoms with Crippen molar-refractivity contribution in [1.29, 1.82) is 0 Å². The molecule has 2 atom stereocenters. The van der Waals surface area contributed by atoms with E-state index >= 15 is 0 Å². The van der Waals surface area contributed by atoms with E-state index in [4.69, 9.17) is 0 Å². The second-order valence-electron chi connectivity index (χ2n) is 6.86. The van der Waals surface area contributed by atoms with Gasteiger partial charge in [0.1, 0.15) is 0 Å². The van der Waals surface area contributed by atoms with Crippen molar-refractivity contribution in [2.75, 3.05) is 16.3 Å². The van der Waals surface area contributed by atoms with Crippen molar-refractivity contribution in [2.24, 2.45) is 0 Å². The molecule has 1 aliphatic carbocycles. The fraction of sp³-hybridized carbons (Fsp3) is 0.421. The highest BCUT2D eigenvalue weighted by Gasteiger charge is 2.25. The first-order valence-electron chi connectivity index (χ1n) is 8.66. The van der Waals surface area contributed by atoms with Gasteiger partial charge < -0.3 is 5.32 Å². The van der Waals surface area contributed by atoms with Gasteiger partial charge in [-0.1, -0.05) is 12.5 Å². The van der Waals surface area contributed by atoms with Crippen molar-refractivity contribution in [3.8, 4) is 0 Å². The largest absolute Gasteiger partial charge is 0.382 e. The van der Waals surface area contributed by atoms with Crippen molar-refractivity contribution in [2.45, 2.75) is 44.6 Å². The molecule has 0 amide bonds. The maximum atomic E-state index is 11.3. The highest BCUT2D eigenvalue weighted by atomic mass is 32.2. The van der Waals surface area contributed by atoms with Crippen molar-refractivity contribution in [1.82, 2.24) is 4.98 Å². The van der Waals surface area contributed by atoms with Gasteiger partial charge in [-0.2, -0.15) is 0 Å². The molecule has 1 saturated carbocycles. The molecule has 25 heavy (non-hydrogen) atoms. The molecule has 1 heterocycles. The number of aromatic nitrogens is 1. The molecule has 0 radical (unpaired) electrons. The molecule has 2 aromatic rings. The zero-order valence-electron chi connectivity index (χ0n) is 14.7. The van der Waals surface area contributed by atoms with Gasteiger partial charge in [-0.05, 0) is 62.1 Å². The molecule has 2 unspecified atom stereocenters. The maximum Gasteiger partial charge on any atom is 0.229 e. The Morgan fingerprint density at radius 2 is 1.80 bits per heavy atom. The van der Waals surface area contributed by atoms with E-state index in [1.165, 1.54) is 24.1 Å². The topological polar surface area (TPSA) is 71.1 Å². The van der Waals surface area contributed by atoms with Gasteiger partial charge in [-0.25, -0.2) is 8.42 Å². The minimum atomic E-state index is -3.24. The molecule has 1 aliphatic rings. The van der Waals surface area contributed by atoms with E-state index < -0.39 is 10.0 Å². The lowest BCUT2D eigenvalue weighted by molar-refractivity contribution is 0.404. The summed E-state index contributed by atoms with van der Waals surface area (Å²) < 4.78 is 25.0. The van der Waals surface area contributed by atoms with Crippen molar-refractivity contribution in [3.63, 3.8) is 0 Å². The van der Waals surface area contributed by atoms with Gasteiger partial charge in [-0.15, -0.1) is 0 Å². The summed E-state index contributed by atoms with van der Waals surface area (Å²) in [5.74, 6) is 0.499. The van der Waals surface area contributed by atoms with E-state index in [0.717, 1.165) is 24.8 Å². The Labute approximate surface area is 149 Å². The molecule has 0 bridgehead atoms. The number of sulfonamides is 1. The Hall–Kier alpha value is -2.08. The van der Waals surface area contributed by atoms with Crippen LogP contribution in [0.2, 0.25) is 0 Å². The summed E-state index contributed by atoms with van der Waals surface area (Å²) in [6, 6.07) is 11.9. The molecule has 1 aromatic heterocycles. The van der Waals surface area contributed by atoms with E-state index in [1.54, 1.807) is 12.1 Å². The van der Waals surface area contributed by atoms with Crippen LogP contribution in [0.4, 0.5) is 11.4 Å². The first-order valence-corrected chi connectivity index (χ1v) is 10.6. The van der Waals surface area contributed by atoms with Gasteiger partial charge in [0.15, 0.2) is 0 Å². The average Bonchev–Trinajstić information content (AvgIpc) is 2.56. The molecule has 1 aromatic carbocycles. The summed E-state index contributed by atoms with van der Waals surface area (Å²) in [7, 11) is -3.24. The lowest BCUT2D eigenvalue weighted by atomic mass is 9.82. The number of anilines is 2. The van der Waals surface area contributed by atoms with Gasteiger partial charge in [0.05, 0.1) is 6.26 Å². The Balaban J connectivity index is 1.64. The number of aryl methyl sites for hydroxylation is 1. The highest BCUT2D eigenvalue weighted by Crippen LogP contribution is 2.34. The van der Waals surface area contributed by atoms with Crippen LogP contribution in [0.1, 0.15) is 42.9 Å². The number of nitrogens with zero attached hydrogens (tertiary/aromatic N) is 1. The molecule has 134 valence electrons. The monoisotopic (exact) mass is 359 g/mol. The summed E-state index contributed by atoms with van der Waals surface area (Å²) in [6.07, 6.45) is 7.63. The number of benzene rings is 1. The van der Waals surface area contributed by atoms with Crippen LogP contribution in [0.3, 0.4) is 0 Å². The van der Waals surface area contributed by atoms with Gasteiger partial charge in [0.2, 0.25) is 10.0 Å². The number of nitrogens with one attached hydrogen (secondary N) is 2. The Morgan fingerprint density at radius 1 is 1.08 bits per heavy atom. The smallest absolute Gasteiger partial charge is 0.229 e. The van der Waals surface area contributed by atoms with Crippen LogP contribution in [0.5, 0.6) is 0 Å². The number of hydrogen-bond donors (Lipinski definition) is 2. The number of rotatable bonds is 5. The van der Waals surface area contributed by atoms with E-state index in [0.29, 0.717) is 17.6 Å². The minimum Gasteiger partial charge on any atom is -0.382 e. The van der Waals surface area contributed by atoms with E-state index in [1.807, 2.05) is 24.4 Å². The molecule has 0 saturated heterocycles. The fourth-order valence-corrected chi connectivity index (χ4v) is 4.14. The zero-order chi connectivity index (χ0) is 17.9. The Morgan fingerprint density at radius 3 is 2.48 bits per heavy atom. The van der Waals surface area contributed by atoms with Crippen LogP contribution in [0.25, 0.3) is 0 Å². The predicted octanol–water partition coefficient (Wildman–Crippen LogP) is 3.90. The SMILES string of the molecule is Cc1cccnc1C1CCCC(Nc2ccc(NS(C)(=O)=O)cc2)C1. The summed E-state index contributed by atoms with van der Waals surface area (Å²) in [5, 5.41) is 3.59. The quantitative estimate of drug-likeness (QED) is 0.849. The van der Waals surface area contributed by atoms with Crippen LogP contribution in [0.15, 0.2) is 42.6 Å². The first kappa shape index (κ1) is 17.7. The molecule has 0 aliphatic heterocycles. The second kappa shape index (κ2) is 7.44. The summed E-state index contributed by atoms with van der Waals surface area (Å²) in [4.78, 5) is 4.60. The Kier molecular flexibility index (Phi) is 5.27. The standard InChI is InChI=1S/C19H25N3O2S/c1-14-5-4-12-20-19(14)15-6-3-7-18(13-15)21-16-8-10-17(11-9-16)22-25(2,23)24/h4-5,8-12,15,18,21-22H,3,6-7,13H2,1-2H3. The van der Waals surface area contributed by atoms with Crippen LogP contribution in [0, 0.1) is 6.92 Å². The molecule has 0 spiro atoms. The van der Waals surface area contributed by atoms with Crippen molar-refractivity contribution in [3.05, 3.63) is 53.9 Å². The lowest BCUT2D eigenvalue weighted by Gasteiger charge is -2.31. The zero-order valence-corrected chi connectivity index (χ0v) is 15.5. The van der Waals surface area contributed by atoms with Gasteiger partial charge in [0.25, 0.3) is 0 Å². The molecule has 6 heteroatoms. The van der Waals surface area contributed by atoms with Gasteiger partial charge in [0, 0.05) is 35.2 Å². The van der Waals surface area contributed by atoms with Crippen molar-refractivity contribution < 1.29 is 8.42 Å². The molecule has 3 rings (SSSR count). The third-order valence-corrected chi connectivity index (χ3v) is 5.28. The second-order valence-corrected chi connectivity index (χ2v) is 8.61. The molecule has 1 fully saturated rings. The molecular formula is C19H25N3O2S. The summed E-state index contributed by atoms with van der Waals surface area (Å²) >= 11 is 0.